The molecule has 2 aliphatic heterocycles. The van der Waals surface area contributed by atoms with Crippen LogP contribution in [0.15, 0.2) is 29.3 Å². The molecule has 0 spiro atoms. The van der Waals surface area contributed by atoms with Gasteiger partial charge >= 0.3 is 0 Å². The monoisotopic (exact) mass is 536 g/mol. The molecule has 0 radical (unpaired) electrons. The first-order valence-corrected chi connectivity index (χ1v) is 10.8. The normalized spacial score (nSPS) is 22.3. The SMILES string of the molecule is CN=C(NCCCOCC1CCOC1)NC1CCCN(c2ccccc2Cl)C1.I. The molecule has 0 aliphatic carbocycles. The van der Waals surface area contributed by atoms with Crippen LogP contribution in [0.5, 0.6) is 0 Å². The molecular weight excluding hydrogens is 503 g/mol. The number of hydrogen-bond acceptors (Lipinski definition) is 4. The van der Waals surface area contributed by atoms with E-state index in [-0.39, 0.29) is 24.0 Å². The molecular formula is C21H34ClIN4O2. The number of hydrogen-bond donors (Lipinski definition) is 2. The Bertz CT molecular complexity index is 628. The van der Waals surface area contributed by atoms with Crippen LogP contribution in [0.25, 0.3) is 0 Å². The number of rotatable bonds is 8. The van der Waals surface area contributed by atoms with Crippen molar-refractivity contribution in [1.82, 2.24) is 10.6 Å². The summed E-state index contributed by atoms with van der Waals surface area (Å²) in [5.41, 5.74) is 1.11. The van der Waals surface area contributed by atoms with E-state index in [1.54, 1.807) is 0 Å². The molecule has 2 saturated heterocycles. The summed E-state index contributed by atoms with van der Waals surface area (Å²) in [6, 6.07) is 8.42. The van der Waals surface area contributed by atoms with Gasteiger partial charge in [-0.3, -0.25) is 4.99 Å². The van der Waals surface area contributed by atoms with Crippen molar-refractivity contribution in [1.29, 1.82) is 0 Å². The second kappa shape index (κ2) is 13.5. The maximum absolute atomic E-state index is 6.37. The molecule has 0 saturated carbocycles. The van der Waals surface area contributed by atoms with Gasteiger partial charge in [0.2, 0.25) is 0 Å². The van der Waals surface area contributed by atoms with E-state index in [1.165, 1.54) is 0 Å². The third kappa shape index (κ3) is 8.11. The first-order valence-electron chi connectivity index (χ1n) is 10.4. The quantitative estimate of drug-likeness (QED) is 0.230. The fourth-order valence-corrected chi connectivity index (χ4v) is 4.01. The molecule has 3 rings (SSSR count). The first kappa shape index (κ1) is 24.5. The molecule has 2 fully saturated rings. The highest BCUT2D eigenvalue weighted by Crippen LogP contribution is 2.27. The van der Waals surface area contributed by atoms with Crippen molar-refractivity contribution in [3.63, 3.8) is 0 Å². The van der Waals surface area contributed by atoms with Crippen molar-refractivity contribution < 1.29 is 9.47 Å². The lowest BCUT2D eigenvalue weighted by Gasteiger charge is -2.35. The third-order valence-electron chi connectivity index (χ3n) is 5.31. The zero-order chi connectivity index (χ0) is 19.6. The third-order valence-corrected chi connectivity index (χ3v) is 5.63. The van der Waals surface area contributed by atoms with Gasteiger partial charge in [-0.2, -0.15) is 0 Å². The summed E-state index contributed by atoms with van der Waals surface area (Å²) in [6.45, 7) is 6.13. The van der Waals surface area contributed by atoms with E-state index in [1.807, 2.05) is 25.2 Å². The number of nitrogens with one attached hydrogen (secondary N) is 2. The topological polar surface area (TPSA) is 58.1 Å². The lowest BCUT2D eigenvalue weighted by Crippen LogP contribution is -2.51. The van der Waals surface area contributed by atoms with E-state index >= 15 is 0 Å². The second-order valence-corrected chi connectivity index (χ2v) is 7.95. The Balaban J connectivity index is 0.00000300. The summed E-state index contributed by atoms with van der Waals surface area (Å²) in [5.74, 6) is 1.44. The predicted octanol–water partition coefficient (Wildman–Crippen LogP) is 3.54. The predicted molar refractivity (Wildman–Crippen MR) is 131 cm³/mol. The summed E-state index contributed by atoms with van der Waals surface area (Å²) in [6.07, 6.45) is 4.36. The molecule has 8 heteroatoms. The van der Waals surface area contributed by atoms with E-state index in [0.29, 0.717) is 12.0 Å². The van der Waals surface area contributed by atoms with Gasteiger partial charge in [0, 0.05) is 51.9 Å². The molecule has 0 aromatic heterocycles. The molecule has 164 valence electrons. The molecule has 2 N–H and O–H groups in total. The average Bonchev–Trinajstić information content (AvgIpc) is 3.24. The average molecular weight is 537 g/mol. The highest BCUT2D eigenvalue weighted by Gasteiger charge is 2.22. The minimum atomic E-state index is 0. The largest absolute Gasteiger partial charge is 0.381 e. The van der Waals surface area contributed by atoms with Crippen LogP contribution in [0.1, 0.15) is 25.7 Å². The Labute approximate surface area is 196 Å². The van der Waals surface area contributed by atoms with Gasteiger partial charge in [0.1, 0.15) is 0 Å². The van der Waals surface area contributed by atoms with Crippen molar-refractivity contribution >= 4 is 47.2 Å². The number of ether oxygens (including phenoxy) is 2. The second-order valence-electron chi connectivity index (χ2n) is 7.54. The van der Waals surface area contributed by atoms with E-state index in [9.17, 15) is 0 Å². The van der Waals surface area contributed by atoms with Crippen molar-refractivity contribution in [3.8, 4) is 0 Å². The van der Waals surface area contributed by atoms with Crippen LogP contribution in [-0.2, 0) is 9.47 Å². The summed E-state index contributed by atoms with van der Waals surface area (Å²) in [5, 5.41) is 7.77. The molecule has 29 heavy (non-hydrogen) atoms. The van der Waals surface area contributed by atoms with Gasteiger partial charge in [0.25, 0.3) is 0 Å². The van der Waals surface area contributed by atoms with Gasteiger partial charge in [-0.05, 0) is 37.8 Å². The minimum absolute atomic E-state index is 0. The van der Waals surface area contributed by atoms with Gasteiger partial charge in [-0.1, -0.05) is 23.7 Å². The van der Waals surface area contributed by atoms with Crippen molar-refractivity contribution in [3.05, 3.63) is 29.3 Å². The number of para-hydroxylation sites is 1. The summed E-state index contributed by atoms with van der Waals surface area (Å²) in [7, 11) is 1.82. The van der Waals surface area contributed by atoms with Gasteiger partial charge in [-0.15, -0.1) is 24.0 Å². The number of halogens is 2. The Morgan fingerprint density at radius 3 is 2.97 bits per heavy atom. The molecule has 2 atom stereocenters. The number of guanidine groups is 1. The highest BCUT2D eigenvalue weighted by molar-refractivity contribution is 14.0. The molecule has 1 aromatic carbocycles. The Kier molecular flexibility index (Phi) is 11.4. The smallest absolute Gasteiger partial charge is 0.191 e. The molecule has 2 aliphatic rings. The van der Waals surface area contributed by atoms with Crippen LogP contribution in [-0.4, -0.2) is 65.1 Å². The standard InChI is InChI=1S/C21H33ClN4O2.HI/c1-23-21(24-10-5-12-27-15-17-9-13-28-16-17)25-18-6-4-11-26(14-18)20-8-3-2-7-19(20)22;/h2-3,7-8,17-18H,4-6,9-16H2,1H3,(H2,23,24,25);1H. The zero-order valence-corrected chi connectivity index (χ0v) is 20.3. The Morgan fingerprint density at radius 2 is 2.21 bits per heavy atom. The Hall–Kier alpha value is -0.770. The molecule has 6 nitrogen and oxygen atoms in total. The molecule has 0 bridgehead atoms. The minimum Gasteiger partial charge on any atom is -0.381 e. The van der Waals surface area contributed by atoms with Crippen molar-refractivity contribution in [2.24, 2.45) is 10.9 Å². The molecule has 0 amide bonds. The van der Waals surface area contributed by atoms with Crippen LogP contribution in [0.3, 0.4) is 0 Å². The summed E-state index contributed by atoms with van der Waals surface area (Å²) in [4.78, 5) is 6.73. The van der Waals surface area contributed by atoms with E-state index in [0.717, 1.165) is 88.4 Å². The number of piperidine rings is 1. The zero-order valence-electron chi connectivity index (χ0n) is 17.2. The van der Waals surface area contributed by atoms with E-state index in [2.05, 4.69) is 26.6 Å². The van der Waals surface area contributed by atoms with Gasteiger partial charge in [-0.25, -0.2) is 0 Å². The maximum Gasteiger partial charge on any atom is 0.191 e. The Morgan fingerprint density at radius 1 is 1.34 bits per heavy atom. The van der Waals surface area contributed by atoms with Gasteiger partial charge in [0.15, 0.2) is 5.96 Å². The van der Waals surface area contributed by atoms with Crippen molar-refractivity contribution in [2.75, 3.05) is 58.0 Å². The lowest BCUT2D eigenvalue weighted by atomic mass is 10.0. The van der Waals surface area contributed by atoms with Gasteiger partial charge in [0.05, 0.1) is 23.9 Å². The first-order chi connectivity index (χ1) is 13.8. The maximum atomic E-state index is 6.37. The van der Waals surface area contributed by atoms with E-state index < -0.39 is 0 Å². The molecule has 1 aromatic rings. The number of nitrogens with zero attached hydrogens (tertiary/aromatic N) is 2. The number of benzene rings is 1. The van der Waals surface area contributed by atoms with Crippen LogP contribution in [0.4, 0.5) is 5.69 Å². The molecule has 2 heterocycles. The van der Waals surface area contributed by atoms with Crippen LogP contribution < -0.4 is 15.5 Å². The van der Waals surface area contributed by atoms with Crippen LogP contribution >= 0.6 is 35.6 Å². The fraction of sp³-hybridized carbons (Fsp3) is 0.667. The molecule has 2 unspecified atom stereocenters. The van der Waals surface area contributed by atoms with Gasteiger partial charge < -0.3 is 25.0 Å². The number of anilines is 1. The van der Waals surface area contributed by atoms with Crippen molar-refractivity contribution in [2.45, 2.75) is 31.7 Å². The lowest BCUT2D eigenvalue weighted by molar-refractivity contribution is 0.0888. The highest BCUT2D eigenvalue weighted by atomic mass is 127. The van der Waals surface area contributed by atoms with Crippen LogP contribution in [0.2, 0.25) is 5.02 Å². The summed E-state index contributed by atoms with van der Waals surface area (Å²) >= 11 is 6.37. The summed E-state index contributed by atoms with van der Waals surface area (Å²) < 4.78 is 11.1. The van der Waals surface area contributed by atoms with Crippen LogP contribution in [0, 0.1) is 5.92 Å². The fourth-order valence-electron chi connectivity index (χ4n) is 3.76. The number of aliphatic imine (C=N–C) groups is 1. The van der Waals surface area contributed by atoms with E-state index in [4.69, 9.17) is 21.1 Å².